The van der Waals surface area contributed by atoms with Crippen LogP contribution in [0.1, 0.15) is 39.9 Å². The first kappa shape index (κ1) is 20.2. The summed E-state index contributed by atoms with van der Waals surface area (Å²) in [5.74, 6) is -0.511. The first-order valence-corrected chi connectivity index (χ1v) is 10.6. The molecule has 5 N–H and O–H groups in total. The second-order valence-electron chi connectivity index (χ2n) is 7.92. The summed E-state index contributed by atoms with van der Waals surface area (Å²) in [5.41, 5.74) is 11.9. The van der Waals surface area contributed by atoms with Crippen molar-refractivity contribution in [2.24, 2.45) is 10.7 Å². The zero-order chi connectivity index (χ0) is 22.1. The summed E-state index contributed by atoms with van der Waals surface area (Å²) in [6, 6.07) is 15.8. The Morgan fingerprint density at radius 2 is 2.06 bits per heavy atom. The molecule has 32 heavy (non-hydrogen) atoms. The first-order chi connectivity index (χ1) is 15.6. The van der Waals surface area contributed by atoms with E-state index in [1.807, 2.05) is 49.7 Å². The Morgan fingerprint density at radius 3 is 2.88 bits per heavy atom. The number of carbonyl (C=O) groups excluding carboxylic acids is 1. The monoisotopic (exact) mass is 427 g/mol. The molecule has 1 amide bonds. The van der Waals surface area contributed by atoms with Crippen LogP contribution in [0.4, 0.5) is 0 Å². The molecule has 8 nitrogen and oxygen atoms in total. The van der Waals surface area contributed by atoms with E-state index in [0.717, 1.165) is 35.4 Å². The second kappa shape index (κ2) is 8.41. The number of carbonyl (C=O) groups is 1. The van der Waals surface area contributed by atoms with Gasteiger partial charge in [0.1, 0.15) is 11.9 Å². The number of primary amides is 1. The van der Waals surface area contributed by atoms with E-state index in [-0.39, 0.29) is 12.3 Å². The van der Waals surface area contributed by atoms with Crippen LogP contribution in [0.3, 0.4) is 0 Å². The maximum atomic E-state index is 11.9. The van der Waals surface area contributed by atoms with E-state index in [0.29, 0.717) is 5.69 Å². The molecule has 5 rings (SSSR count). The molecule has 8 heteroatoms. The number of hydrogen-bond donors (Lipinski definition) is 4. The van der Waals surface area contributed by atoms with E-state index in [1.165, 1.54) is 11.1 Å². The molecule has 0 bridgehead atoms. The number of nitrogens with zero attached hydrogens (tertiary/aromatic N) is 3. The summed E-state index contributed by atoms with van der Waals surface area (Å²) >= 11 is 0. The first-order valence-electron chi connectivity index (χ1n) is 10.6. The minimum Gasteiger partial charge on any atom is -0.365 e. The van der Waals surface area contributed by atoms with E-state index in [4.69, 9.17) is 5.73 Å². The molecule has 2 aromatic heterocycles. The van der Waals surface area contributed by atoms with Crippen molar-refractivity contribution < 1.29 is 4.79 Å². The summed E-state index contributed by atoms with van der Waals surface area (Å²) < 4.78 is 1.62. The number of nitrogens with one attached hydrogen (secondary N) is 3. The Kier molecular flexibility index (Phi) is 5.30. The molecule has 0 spiro atoms. The average molecular weight is 428 g/mol. The highest BCUT2D eigenvalue weighted by atomic mass is 16.1. The van der Waals surface area contributed by atoms with Gasteiger partial charge >= 0.3 is 0 Å². The summed E-state index contributed by atoms with van der Waals surface area (Å²) in [5, 5.41) is 15.5. The molecule has 0 saturated carbocycles. The summed E-state index contributed by atoms with van der Waals surface area (Å²) in [6.07, 6.45) is 6.22. The van der Waals surface area contributed by atoms with E-state index in [9.17, 15) is 4.79 Å². The molecule has 3 aromatic rings. The molecule has 0 radical (unpaired) electrons. The van der Waals surface area contributed by atoms with Gasteiger partial charge in [-0.15, -0.1) is 0 Å². The largest absolute Gasteiger partial charge is 0.365 e. The van der Waals surface area contributed by atoms with Crippen molar-refractivity contribution in [1.29, 1.82) is 0 Å². The van der Waals surface area contributed by atoms with Gasteiger partial charge in [0, 0.05) is 18.3 Å². The molecule has 2 aliphatic heterocycles. The Balaban J connectivity index is 1.52. The summed E-state index contributed by atoms with van der Waals surface area (Å²) in [4.78, 5) is 16.3. The van der Waals surface area contributed by atoms with Gasteiger partial charge in [-0.1, -0.05) is 42.5 Å². The third-order valence-corrected chi connectivity index (χ3v) is 5.84. The number of allylic oxidation sites excluding steroid dienone is 2. The fraction of sp³-hybridized carbons (Fsp3) is 0.208. The van der Waals surface area contributed by atoms with Crippen LogP contribution in [0.15, 0.2) is 77.1 Å². The van der Waals surface area contributed by atoms with Gasteiger partial charge in [-0.25, -0.2) is 4.52 Å². The van der Waals surface area contributed by atoms with Crippen molar-refractivity contribution in [2.75, 3.05) is 0 Å². The van der Waals surface area contributed by atoms with Crippen LogP contribution in [0, 0.1) is 6.92 Å². The minimum atomic E-state index is -0.511. The van der Waals surface area contributed by atoms with Crippen molar-refractivity contribution in [3.8, 4) is 0 Å². The molecule has 0 fully saturated rings. The van der Waals surface area contributed by atoms with Crippen molar-refractivity contribution in [3.63, 3.8) is 0 Å². The number of aryl methyl sites for hydroxylation is 1. The lowest BCUT2D eigenvalue weighted by Crippen LogP contribution is -2.53. The normalized spacial score (nSPS) is 20.2. The van der Waals surface area contributed by atoms with Gasteiger partial charge < -0.3 is 11.1 Å². The number of benzene rings is 1. The third-order valence-electron chi connectivity index (χ3n) is 5.84. The number of fused-ring (bicyclic) bond motifs is 1. The summed E-state index contributed by atoms with van der Waals surface area (Å²) in [7, 11) is 0. The van der Waals surface area contributed by atoms with E-state index < -0.39 is 5.91 Å². The fourth-order valence-corrected chi connectivity index (χ4v) is 4.32. The maximum Gasteiger partial charge on any atom is 0.267 e. The van der Waals surface area contributed by atoms with Crippen LogP contribution in [0.25, 0.3) is 5.52 Å². The van der Waals surface area contributed by atoms with Gasteiger partial charge in [0.15, 0.2) is 0 Å². The van der Waals surface area contributed by atoms with Crippen molar-refractivity contribution >= 4 is 17.6 Å². The number of amides is 1. The number of aliphatic imine (C=N–C) groups is 1. The topological polar surface area (TPSA) is 109 Å². The van der Waals surface area contributed by atoms with Crippen molar-refractivity contribution in [3.05, 3.63) is 94.6 Å². The number of nitrogens with two attached hydrogens (primary N) is 1. The van der Waals surface area contributed by atoms with Crippen LogP contribution in [-0.2, 0) is 6.54 Å². The zero-order valence-corrected chi connectivity index (χ0v) is 17.7. The van der Waals surface area contributed by atoms with Crippen LogP contribution < -0.4 is 21.7 Å². The SMILES string of the molecule is Cc1nn2c(C(N)=O)cccc2c1C1NC2=C(CC=CN=C2)C(NCc2ccccc2)N1. The molecule has 2 aliphatic rings. The zero-order valence-electron chi connectivity index (χ0n) is 17.7. The maximum absolute atomic E-state index is 11.9. The van der Waals surface area contributed by atoms with E-state index in [1.54, 1.807) is 10.6 Å². The highest BCUT2D eigenvalue weighted by Crippen LogP contribution is 2.29. The quantitative estimate of drug-likeness (QED) is 0.500. The Bertz CT molecular complexity index is 1260. The Morgan fingerprint density at radius 1 is 1.22 bits per heavy atom. The van der Waals surface area contributed by atoms with Crippen LogP contribution >= 0.6 is 0 Å². The highest BCUT2D eigenvalue weighted by molar-refractivity contribution is 5.92. The summed E-state index contributed by atoms with van der Waals surface area (Å²) in [6.45, 7) is 2.66. The fourth-order valence-electron chi connectivity index (χ4n) is 4.32. The van der Waals surface area contributed by atoms with Gasteiger partial charge in [0.25, 0.3) is 5.91 Å². The predicted molar refractivity (Wildman–Crippen MR) is 124 cm³/mol. The molecule has 2 unspecified atom stereocenters. The molecular weight excluding hydrogens is 402 g/mol. The van der Waals surface area contributed by atoms with E-state index in [2.05, 4.69) is 44.3 Å². The highest BCUT2D eigenvalue weighted by Gasteiger charge is 2.31. The predicted octanol–water partition coefficient (Wildman–Crippen LogP) is 2.29. The molecule has 0 saturated heterocycles. The number of hydrogen-bond acceptors (Lipinski definition) is 6. The molecule has 162 valence electrons. The van der Waals surface area contributed by atoms with Crippen LogP contribution in [0.5, 0.6) is 0 Å². The van der Waals surface area contributed by atoms with Gasteiger partial charge in [-0.3, -0.25) is 20.4 Å². The van der Waals surface area contributed by atoms with Crippen LogP contribution in [-0.4, -0.2) is 27.9 Å². The van der Waals surface area contributed by atoms with Gasteiger partial charge in [0.2, 0.25) is 0 Å². The van der Waals surface area contributed by atoms with Gasteiger partial charge in [-0.2, -0.15) is 5.10 Å². The lowest BCUT2D eigenvalue weighted by Gasteiger charge is -2.36. The molecule has 1 aromatic carbocycles. The van der Waals surface area contributed by atoms with Crippen LogP contribution in [0.2, 0.25) is 0 Å². The van der Waals surface area contributed by atoms with Crippen molar-refractivity contribution in [1.82, 2.24) is 25.6 Å². The molecule has 2 atom stereocenters. The second-order valence-corrected chi connectivity index (χ2v) is 7.92. The number of rotatable bonds is 5. The number of pyridine rings is 1. The number of aromatic nitrogens is 2. The lowest BCUT2D eigenvalue weighted by atomic mass is 10.0. The van der Waals surface area contributed by atoms with Crippen molar-refractivity contribution in [2.45, 2.75) is 32.2 Å². The van der Waals surface area contributed by atoms with E-state index >= 15 is 0 Å². The average Bonchev–Trinajstić information content (AvgIpc) is 2.96. The molecule has 0 aliphatic carbocycles. The minimum absolute atomic E-state index is 0.0701. The lowest BCUT2D eigenvalue weighted by molar-refractivity contribution is 0.0993. The van der Waals surface area contributed by atoms with Gasteiger partial charge in [-0.05, 0) is 36.6 Å². The standard InChI is InChI=1S/C24H25N7O/c1-15-21(19-10-5-11-20(22(25)32)31(19)30-15)24-28-18-14-26-12-6-9-17(18)23(29-24)27-13-16-7-3-2-4-8-16/h2-8,10-12,14,23-24,27-29H,9,13H2,1H3,(H2,25,32). The molecular formula is C24H25N7O. The Hall–Kier alpha value is -3.75. The van der Waals surface area contributed by atoms with Gasteiger partial charge in [0.05, 0.1) is 29.3 Å². The molecule has 4 heterocycles. The smallest absolute Gasteiger partial charge is 0.267 e. The third kappa shape index (κ3) is 3.70. The Labute approximate surface area is 185 Å².